The minimum absolute atomic E-state index is 0.158. The summed E-state index contributed by atoms with van der Waals surface area (Å²) in [7, 11) is 3.77. The van der Waals surface area contributed by atoms with Gasteiger partial charge in [-0.3, -0.25) is 14.7 Å². The topological polar surface area (TPSA) is 177 Å². The van der Waals surface area contributed by atoms with E-state index in [1.807, 2.05) is 70.2 Å². The smallest absolute Gasteiger partial charge is 0.311 e. The van der Waals surface area contributed by atoms with Crippen LogP contribution in [0.2, 0.25) is 0 Å². The van der Waals surface area contributed by atoms with Crippen LogP contribution in [0.25, 0.3) is 10.9 Å². The van der Waals surface area contributed by atoms with Gasteiger partial charge < -0.3 is 50.0 Å². The number of esters is 1. The lowest BCUT2D eigenvalue weighted by atomic mass is 9.78. The van der Waals surface area contributed by atoms with Crippen LogP contribution in [0.4, 0.5) is 0 Å². The van der Waals surface area contributed by atoms with Gasteiger partial charge in [-0.15, -0.1) is 0 Å². The average Bonchev–Trinajstić information content (AvgIpc) is 3.13. The summed E-state index contributed by atoms with van der Waals surface area (Å²) in [5.74, 6) is -2.79. The standard InChI is InChI=1S/C42H70N4O9/c1-11-34-42(8,52)37(49)29(6)46(20-14-18-43-23-30-17-19-44-32-16-13-12-15-31(30)32)24-25(2)22-41(7,51)38(27(4)35(47)28(5)39(50)54-34)55-40-36(48)33(45(9)10)21-26(3)53-40/h12-13,15-17,19,25-29,33-38,40,43,47-49,51-52H,11,14,18,20-24H2,1-10H3/t25-,26-,27+,28-,29-,33+,34-,35+,36-,37-,38-,40+,41-,42-/m1/s1. The first kappa shape index (κ1) is 45.4. The fourth-order valence-corrected chi connectivity index (χ4v) is 8.84. The number of carbonyl (C=O) groups is 1. The van der Waals surface area contributed by atoms with Gasteiger partial charge in [0, 0.05) is 42.7 Å². The van der Waals surface area contributed by atoms with E-state index in [0.29, 0.717) is 32.6 Å². The van der Waals surface area contributed by atoms with Crippen LogP contribution in [0.15, 0.2) is 36.5 Å². The molecule has 4 rings (SSSR count). The Morgan fingerprint density at radius 2 is 1.73 bits per heavy atom. The van der Waals surface area contributed by atoms with Crippen molar-refractivity contribution in [2.75, 3.05) is 33.7 Å². The van der Waals surface area contributed by atoms with E-state index >= 15 is 0 Å². The molecule has 13 heteroatoms. The molecule has 2 aliphatic rings. The molecule has 2 fully saturated rings. The molecule has 1 aromatic heterocycles. The summed E-state index contributed by atoms with van der Waals surface area (Å²) < 4.78 is 18.5. The van der Waals surface area contributed by atoms with Crippen molar-refractivity contribution in [1.29, 1.82) is 0 Å². The molecular weight excluding hydrogens is 704 g/mol. The zero-order valence-electron chi connectivity index (χ0n) is 34.8. The molecule has 2 aliphatic heterocycles. The monoisotopic (exact) mass is 775 g/mol. The molecule has 2 aromatic rings. The molecule has 0 spiro atoms. The lowest BCUT2D eigenvalue weighted by Crippen LogP contribution is -2.59. The van der Waals surface area contributed by atoms with Gasteiger partial charge in [0.1, 0.15) is 23.9 Å². The fraction of sp³-hybridized carbons (Fsp3) is 0.762. The summed E-state index contributed by atoms with van der Waals surface area (Å²) in [6.45, 7) is 16.3. The van der Waals surface area contributed by atoms with E-state index in [1.54, 1.807) is 27.7 Å². The molecule has 14 atom stereocenters. The van der Waals surface area contributed by atoms with E-state index in [4.69, 9.17) is 14.2 Å². The Labute approximate surface area is 328 Å². The summed E-state index contributed by atoms with van der Waals surface area (Å²) >= 11 is 0. The Morgan fingerprint density at radius 1 is 1.04 bits per heavy atom. The summed E-state index contributed by atoms with van der Waals surface area (Å²) in [5.41, 5.74) is -1.27. The second-order valence-corrected chi connectivity index (χ2v) is 17.2. The number of pyridine rings is 1. The van der Waals surface area contributed by atoms with Crippen LogP contribution in [0.5, 0.6) is 0 Å². The zero-order valence-corrected chi connectivity index (χ0v) is 34.8. The quantitative estimate of drug-likeness (QED) is 0.154. The van der Waals surface area contributed by atoms with Crippen LogP contribution in [-0.2, 0) is 25.5 Å². The highest BCUT2D eigenvalue weighted by Gasteiger charge is 2.50. The number of hydrogen-bond donors (Lipinski definition) is 6. The van der Waals surface area contributed by atoms with Gasteiger partial charge in [0.05, 0.1) is 35.3 Å². The SMILES string of the molecule is CC[C@H]1OC(=O)[C@H](C)[C@@H](O)[C@H](C)[C@@H](O[C@@H]2O[C@H](C)C[C@H](N(C)C)[C@H]2O)[C@](C)(O)C[C@@H](C)CN(CCCNCc2ccnc3ccccc23)[C@H](C)[C@@H](O)[C@]1(C)O. The van der Waals surface area contributed by atoms with Gasteiger partial charge in [0.25, 0.3) is 0 Å². The number of likely N-dealkylation sites (N-methyl/N-ethyl adjacent to an activating group) is 1. The predicted octanol–water partition coefficient (Wildman–Crippen LogP) is 3.07. The van der Waals surface area contributed by atoms with Gasteiger partial charge in [-0.25, -0.2) is 0 Å². The van der Waals surface area contributed by atoms with Gasteiger partial charge in [-0.05, 0) is 111 Å². The molecule has 312 valence electrons. The van der Waals surface area contributed by atoms with Gasteiger partial charge in [-0.1, -0.05) is 39.0 Å². The number of nitrogens with one attached hydrogen (secondary N) is 1. The highest BCUT2D eigenvalue weighted by Crippen LogP contribution is 2.37. The van der Waals surface area contributed by atoms with Crippen molar-refractivity contribution in [3.8, 4) is 0 Å². The van der Waals surface area contributed by atoms with E-state index in [9.17, 15) is 30.3 Å². The molecule has 3 heterocycles. The average molecular weight is 775 g/mol. The van der Waals surface area contributed by atoms with E-state index in [1.165, 1.54) is 6.92 Å². The largest absolute Gasteiger partial charge is 0.459 e. The van der Waals surface area contributed by atoms with Crippen molar-refractivity contribution in [2.45, 2.75) is 154 Å². The molecule has 0 bridgehead atoms. The zero-order chi connectivity index (χ0) is 40.8. The summed E-state index contributed by atoms with van der Waals surface area (Å²) in [6, 6.07) is 9.24. The van der Waals surface area contributed by atoms with Crippen molar-refractivity contribution in [2.24, 2.45) is 17.8 Å². The van der Waals surface area contributed by atoms with Crippen LogP contribution < -0.4 is 5.32 Å². The Balaban J connectivity index is 1.61. The number of ether oxygens (including phenoxy) is 3. The van der Waals surface area contributed by atoms with Crippen LogP contribution in [-0.4, -0.2) is 146 Å². The Bertz CT molecular complexity index is 1510. The van der Waals surface area contributed by atoms with Crippen LogP contribution >= 0.6 is 0 Å². The normalized spacial score (nSPS) is 39.1. The number of aliphatic hydroxyl groups excluding tert-OH is 3. The van der Waals surface area contributed by atoms with Gasteiger partial charge in [0.15, 0.2) is 6.29 Å². The van der Waals surface area contributed by atoms with Crippen LogP contribution in [0.1, 0.15) is 86.6 Å². The van der Waals surface area contributed by atoms with E-state index < -0.39 is 71.9 Å². The maximum atomic E-state index is 13.6. The molecule has 2 saturated heterocycles. The molecule has 0 unspecified atom stereocenters. The Kier molecular flexibility index (Phi) is 16.0. The van der Waals surface area contributed by atoms with E-state index in [0.717, 1.165) is 22.9 Å². The number of aromatic nitrogens is 1. The molecule has 1 aromatic carbocycles. The summed E-state index contributed by atoms with van der Waals surface area (Å²) in [6.07, 6.45) is -3.52. The number of cyclic esters (lactones) is 1. The summed E-state index contributed by atoms with van der Waals surface area (Å²) in [5, 5.41) is 63.7. The maximum Gasteiger partial charge on any atom is 0.311 e. The lowest BCUT2D eigenvalue weighted by molar-refractivity contribution is -0.299. The first-order valence-corrected chi connectivity index (χ1v) is 20.2. The van der Waals surface area contributed by atoms with Crippen molar-refractivity contribution >= 4 is 16.9 Å². The second-order valence-electron chi connectivity index (χ2n) is 17.2. The molecule has 13 nitrogen and oxygen atoms in total. The number of hydrogen-bond acceptors (Lipinski definition) is 13. The number of benzene rings is 1. The molecular formula is C42H70N4O9. The van der Waals surface area contributed by atoms with Crippen molar-refractivity contribution < 1.29 is 44.5 Å². The number of carbonyl (C=O) groups excluding carboxylic acids is 1. The van der Waals surface area contributed by atoms with Crippen LogP contribution in [0.3, 0.4) is 0 Å². The summed E-state index contributed by atoms with van der Waals surface area (Å²) in [4.78, 5) is 22.2. The molecule has 0 radical (unpaired) electrons. The Morgan fingerprint density at radius 3 is 2.40 bits per heavy atom. The van der Waals surface area contributed by atoms with E-state index in [-0.39, 0.29) is 30.9 Å². The third-order valence-electron chi connectivity index (χ3n) is 12.1. The first-order chi connectivity index (χ1) is 25.8. The number of aliphatic hydroxyl groups is 5. The van der Waals surface area contributed by atoms with Gasteiger partial charge in [-0.2, -0.15) is 0 Å². The van der Waals surface area contributed by atoms with Gasteiger partial charge in [0.2, 0.25) is 0 Å². The second kappa shape index (κ2) is 19.4. The fourth-order valence-electron chi connectivity index (χ4n) is 8.84. The molecule has 55 heavy (non-hydrogen) atoms. The first-order valence-electron chi connectivity index (χ1n) is 20.2. The number of fused-ring (bicyclic) bond motifs is 1. The van der Waals surface area contributed by atoms with Crippen LogP contribution in [0, 0.1) is 17.8 Å². The lowest BCUT2D eigenvalue weighted by Gasteiger charge is -2.46. The number of rotatable bonds is 10. The minimum Gasteiger partial charge on any atom is -0.459 e. The highest BCUT2D eigenvalue weighted by molar-refractivity contribution is 5.81. The predicted molar refractivity (Wildman–Crippen MR) is 212 cm³/mol. The van der Waals surface area contributed by atoms with E-state index in [2.05, 4.69) is 21.3 Å². The maximum absolute atomic E-state index is 13.6. The third-order valence-corrected chi connectivity index (χ3v) is 12.1. The van der Waals surface area contributed by atoms with Crippen molar-refractivity contribution in [3.63, 3.8) is 0 Å². The number of para-hydroxylation sites is 1. The Hall–Kier alpha value is -2.30. The number of nitrogens with zero attached hydrogens (tertiary/aromatic N) is 3. The third kappa shape index (κ3) is 11.0. The molecule has 0 amide bonds. The van der Waals surface area contributed by atoms with Crippen molar-refractivity contribution in [1.82, 2.24) is 20.1 Å². The minimum atomic E-state index is -1.81. The molecule has 0 saturated carbocycles. The van der Waals surface area contributed by atoms with Gasteiger partial charge >= 0.3 is 5.97 Å². The molecule has 0 aliphatic carbocycles. The van der Waals surface area contributed by atoms with Crippen molar-refractivity contribution in [3.05, 3.63) is 42.1 Å². The highest BCUT2D eigenvalue weighted by atomic mass is 16.7. The molecule has 6 N–H and O–H groups in total.